The zero-order chi connectivity index (χ0) is 20.7. The van der Waals surface area contributed by atoms with Crippen LogP contribution in [0.5, 0.6) is 11.5 Å². The summed E-state index contributed by atoms with van der Waals surface area (Å²) in [6.07, 6.45) is 0.529. The number of carboxylic acids is 1. The molecule has 1 unspecified atom stereocenters. The molecule has 0 aliphatic carbocycles. The van der Waals surface area contributed by atoms with E-state index in [0.29, 0.717) is 23.5 Å². The van der Waals surface area contributed by atoms with Crippen molar-refractivity contribution in [2.75, 3.05) is 12.4 Å². The van der Waals surface area contributed by atoms with Gasteiger partial charge in [0.2, 0.25) is 0 Å². The second-order valence-corrected chi connectivity index (χ2v) is 7.45. The summed E-state index contributed by atoms with van der Waals surface area (Å²) in [7, 11) is 0. The van der Waals surface area contributed by atoms with Crippen LogP contribution < -0.4 is 4.74 Å². The van der Waals surface area contributed by atoms with Crippen LogP contribution in [0.15, 0.2) is 41.3 Å². The fourth-order valence-corrected chi connectivity index (χ4v) is 3.54. The maximum absolute atomic E-state index is 11.6. The molecule has 2 aromatic carbocycles. The van der Waals surface area contributed by atoms with E-state index in [4.69, 9.17) is 9.84 Å². The van der Waals surface area contributed by atoms with E-state index in [-0.39, 0.29) is 29.3 Å². The van der Waals surface area contributed by atoms with Gasteiger partial charge in [0.25, 0.3) is 0 Å². The summed E-state index contributed by atoms with van der Waals surface area (Å²) in [6, 6.07) is 9.66. The number of ether oxygens (including phenoxy) is 1. The number of phenolic OH excluding ortho intramolecular Hbond substituents is 1. The van der Waals surface area contributed by atoms with Gasteiger partial charge in [-0.25, -0.2) is 4.79 Å². The molecule has 7 heteroatoms. The zero-order valence-electron chi connectivity index (χ0n) is 15.8. The molecule has 0 aromatic heterocycles. The minimum atomic E-state index is -0.997. The lowest BCUT2D eigenvalue weighted by atomic mass is 10.0. The predicted octanol–water partition coefficient (Wildman–Crippen LogP) is 3.78. The van der Waals surface area contributed by atoms with E-state index < -0.39 is 12.1 Å². The van der Waals surface area contributed by atoms with E-state index >= 15 is 0 Å². The first-order valence-electron chi connectivity index (χ1n) is 8.96. The van der Waals surface area contributed by atoms with Crippen molar-refractivity contribution >= 4 is 23.5 Å². The minimum absolute atomic E-state index is 0.0151. The fraction of sp³-hybridized carbons (Fsp3) is 0.333. The Morgan fingerprint density at radius 2 is 1.96 bits per heavy atom. The highest BCUT2D eigenvalue weighted by Crippen LogP contribution is 2.33. The van der Waals surface area contributed by atoms with Crippen LogP contribution in [-0.2, 0) is 6.42 Å². The maximum Gasteiger partial charge on any atom is 0.335 e. The smallest absolute Gasteiger partial charge is 0.335 e. The molecule has 0 heterocycles. The zero-order valence-corrected chi connectivity index (χ0v) is 16.7. The number of Topliss-reactive ketones (excluding diaryl/α,β-unsaturated/α-hetero) is 1. The van der Waals surface area contributed by atoms with Gasteiger partial charge in [-0.05, 0) is 43.7 Å². The topological polar surface area (TPSA) is 104 Å². The van der Waals surface area contributed by atoms with Crippen LogP contribution in [0.3, 0.4) is 0 Å². The molecule has 3 N–H and O–H groups in total. The third-order valence-electron chi connectivity index (χ3n) is 4.07. The highest BCUT2D eigenvalue weighted by molar-refractivity contribution is 7.99. The van der Waals surface area contributed by atoms with Crippen molar-refractivity contribution in [3.63, 3.8) is 0 Å². The van der Waals surface area contributed by atoms with E-state index in [0.717, 1.165) is 11.3 Å². The number of carboxylic acid groups (broad SMARTS) is 1. The average molecular weight is 404 g/mol. The van der Waals surface area contributed by atoms with Gasteiger partial charge in [0, 0.05) is 16.2 Å². The van der Waals surface area contributed by atoms with Gasteiger partial charge in [-0.15, -0.1) is 11.8 Å². The van der Waals surface area contributed by atoms with E-state index in [9.17, 15) is 19.8 Å². The van der Waals surface area contributed by atoms with Crippen molar-refractivity contribution in [3.8, 4) is 11.5 Å². The molecule has 2 rings (SSSR count). The molecule has 0 aliphatic heterocycles. The van der Waals surface area contributed by atoms with E-state index in [1.54, 1.807) is 24.3 Å². The van der Waals surface area contributed by atoms with Crippen LogP contribution in [0.4, 0.5) is 0 Å². The molecule has 1 atom stereocenters. The summed E-state index contributed by atoms with van der Waals surface area (Å²) in [5.74, 6) is -0.517. The number of aliphatic hydroxyl groups is 1. The Hall–Kier alpha value is -2.51. The van der Waals surface area contributed by atoms with Crippen LogP contribution in [0.2, 0.25) is 0 Å². The second kappa shape index (κ2) is 10.1. The molecule has 0 radical (unpaired) electrons. The lowest BCUT2D eigenvalue weighted by molar-refractivity contribution is 0.0696. The number of aliphatic hydroxyl groups excluding tert-OH is 1. The summed E-state index contributed by atoms with van der Waals surface area (Å²) < 4.78 is 5.69. The Kier molecular flexibility index (Phi) is 7.90. The van der Waals surface area contributed by atoms with Gasteiger partial charge in [-0.3, -0.25) is 4.79 Å². The van der Waals surface area contributed by atoms with Gasteiger partial charge >= 0.3 is 5.97 Å². The fourth-order valence-electron chi connectivity index (χ4n) is 2.67. The number of thioether (sulfide) groups is 1. The number of ketones is 1. The van der Waals surface area contributed by atoms with Gasteiger partial charge in [0.15, 0.2) is 5.78 Å². The summed E-state index contributed by atoms with van der Waals surface area (Å²) in [4.78, 5) is 23.4. The molecular formula is C21H24O6S. The molecule has 0 bridgehead atoms. The number of hydrogen-bond acceptors (Lipinski definition) is 6. The van der Waals surface area contributed by atoms with Gasteiger partial charge in [0.1, 0.15) is 18.1 Å². The predicted molar refractivity (Wildman–Crippen MR) is 108 cm³/mol. The summed E-state index contributed by atoms with van der Waals surface area (Å²) >= 11 is 1.33. The van der Waals surface area contributed by atoms with Crippen LogP contribution in [0.25, 0.3) is 0 Å². The van der Waals surface area contributed by atoms with Gasteiger partial charge in [-0.2, -0.15) is 0 Å². The second-order valence-electron chi connectivity index (χ2n) is 6.35. The number of carbonyl (C=O) groups excluding carboxylic acids is 1. The molecule has 0 spiro atoms. The quantitative estimate of drug-likeness (QED) is 0.409. The van der Waals surface area contributed by atoms with E-state index in [2.05, 4.69) is 0 Å². The lowest BCUT2D eigenvalue weighted by Gasteiger charge is -2.17. The third-order valence-corrected chi connectivity index (χ3v) is 5.21. The van der Waals surface area contributed by atoms with Crippen LogP contribution in [0.1, 0.15) is 46.5 Å². The molecule has 0 saturated heterocycles. The van der Waals surface area contributed by atoms with E-state index in [1.807, 2.05) is 6.92 Å². The molecule has 6 nitrogen and oxygen atoms in total. The molecular weight excluding hydrogens is 380 g/mol. The average Bonchev–Trinajstić information content (AvgIpc) is 2.66. The number of carbonyl (C=O) groups is 2. The van der Waals surface area contributed by atoms with Gasteiger partial charge < -0.3 is 20.1 Å². The largest absolute Gasteiger partial charge is 0.507 e. The Morgan fingerprint density at radius 1 is 1.21 bits per heavy atom. The van der Waals surface area contributed by atoms with Crippen LogP contribution in [-0.4, -0.2) is 45.5 Å². The van der Waals surface area contributed by atoms with Crippen molar-refractivity contribution < 1.29 is 29.6 Å². The summed E-state index contributed by atoms with van der Waals surface area (Å²) in [5, 5.41) is 29.6. The molecule has 28 heavy (non-hydrogen) atoms. The number of hydrogen-bond donors (Lipinski definition) is 3. The first-order valence-corrected chi connectivity index (χ1v) is 9.94. The molecule has 0 aliphatic rings. The first-order chi connectivity index (χ1) is 13.3. The molecule has 0 saturated carbocycles. The normalized spacial score (nSPS) is 11.8. The number of rotatable bonds is 10. The van der Waals surface area contributed by atoms with Crippen LogP contribution in [0, 0.1) is 0 Å². The Bertz CT molecular complexity index is 849. The minimum Gasteiger partial charge on any atom is -0.507 e. The molecule has 150 valence electrons. The molecule has 0 fully saturated rings. The van der Waals surface area contributed by atoms with Gasteiger partial charge in [-0.1, -0.05) is 19.4 Å². The van der Waals surface area contributed by atoms with Crippen molar-refractivity contribution in [2.24, 2.45) is 0 Å². The molecule has 2 aromatic rings. The SMILES string of the molecule is CCCc1c(OCC(O)CSc2cccc(C(=O)O)c2)ccc(C(C)=O)c1O. The van der Waals surface area contributed by atoms with Crippen molar-refractivity contribution in [3.05, 3.63) is 53.1 Å². The Morgan fingerprint density at radius 3 is 2.61 bits per heavy atom. The first kappa shape index (κ1) is 21.8. The van der Waals surface area contributed by atoms with E-state index in [1.165, 1.54) is 30.8 Å². The summed E-state index contributed by atoms with van der Waals surface area (Å²) in [5.41, 5.74) is 1.01. The van der Waals surface area contributed by atoms with Crippen LogP contribution >= 0.6 is 11.8 Å². The highest BCUT2D eigenvalue weighted by atomic mass is 32.2. The number of phenols is 1. The number of aromatic hydroxyl groups is 1. The van der Waals surface area contributed by atoms with Crippen molar-refractivity contribution in [1.82, 2.24) is 0 Å². The third kappa shape index (κ3) is 5.74. The molecule has 0 amide bonds. The van der Waals surface area contributed by atoms with Crippen molar-refractivity contribution in [2.45, 2.75) is 37.7 Å². The highest BCUT2D eigenvalue weighted by Gasteiger charge is 2.17. The van der Waals surface area contributed by atoms with Crippen molar-refractivity contribution in [1.29, 1.82) is 0 Å². The summed E-state index contributed by atoms with van der Waals surface area (Å²) in [6.45, 7) is 3.37. The standard InChI is InChI=1S/C21H24O6S/c1-3-5-18-19(9-8-17(13(2)22)20(18)24)27-11-15(23)12-28-16-7-4-6-14(10-16)21(25)26/h4,6-10,15,23-24H,3,5,11-12H2,1-2H3,(H,25,26). The lowest BCUT2D eigenvalue weighted by Crippen LogP contribution is -2.20. The Balaban J connectivity index is 1.99. The monoisotopic (exact) mass is 404 g/mol. The Labute approximate surface area is 168 Å². The number of benzene rings is 2. The number of aromatic carboxylic acids is 1. The maximum atomic E-state index is 11.6. The van der Waals surface area contributed by atoms with Gasteiger partial charge in [0.05, 0.1) is 17.2 Å².